The lowest BCUT2D eigenvalue weighted by Gasteiger charge is -2.35. The Morgan fingerprint density at radius 1 is 1.14 bits per heavy atom. The average molecular weight is 298 g/mol. The summed E-state index contributed by atoms with van der Waals surface area (Å²) in [7, 11) is 0. The highest BCUT2D eigenvalue weighted by atomic mass is 19.4. The molecule has 0 saturated heterocycles. The van der Waals surface area contributed by atoms with Gasteiger partial charge in [-0.2, -0.15) is 13.2 Å². The molecule has 0 spiro atoms. The third-order valence-corrected chi connectivity index (χ3v) is 4.58. The van der Waals surface area contributed by atoms with E-state index in [2.05, 4.69) is 0 Å². The fraction of sp³-hybridized carbons (Fsp3) is 0.625. The predicted octanol–water partition coefficient (Wildman–Crippen LogP) is 3.42. The maximum absolute atomic E-state index is 12.9. The standard InChI is InChI=1S/C16H21F3N2/c17-16(18,19)10-21(12-8-9-12)14-7-3-5-11-4-1-2-6-13(11)15(14)20/h1-2,4,6,12,14-15H,3,5,7-10,20H2. The van der Waals surface area contributed by atoms with Crippen LogP contribution in [0.3, 0.4) is 0 Å². The Hall–Kier alpha value is -1.07. The van der Waals surface area contributed by atoms with Crippen molar-refractivity contribution in [3.05, 3.63) is 35.4 Å². The molecule has 2 atom stereocenters. The first-order valence-corrected chi connectivity index (χ1v) is 7.61. The lowest BCUT2D eigenvalue weighted by molar-refractivity contribution is -0.153. The second-order valence-electron chi connectivity index (χ2n) is 6.20. The number of nitrogens with two attached hydrogens (primary N) is 1. The largest absolute Gasteiger partial charge is 0.401 e. The highest BCUT2D eigenvalue weighted by Crippen LogP contribution is 2.38. The van der Waals surface area contributed by atoms with Crippen LogP contribution >= 0.6 is 0 Å². The first-order chi connectivity index (χ1) is 9.96. The molecule has 116 valence electrons. The maximum atomic E-state index is 12.9. The summed E-state index contributed by atoms with van der Waals surface area (Å²) in [5.41, 5.74) is 8.58. The van der Waals surface area contributed by atoms with E-state index in [1.54, 1.807) is 4.90 Å². The summed E-state index contributed by atoms with van der Waals surface area (Å²) < 4.78 is 38.7. The van der Waals surface area contributed by atoms with Crippen molar-refractivity contribution in [1.29, 1.82) is 0 Å². The van der Waals surface area contributed by atoms with E-state index in [0.29, 0.717) is 0 Å². The van der Waals surface area contributed by atoms with E-state index in [1.165, 1.54) is 5.56 Å². The minimum atomic E-state index is -4.16. The van der Waals surface area contributed by atoms with Crippen LogP contribution in [-0.4, -0.2) is 29.7 Å². The van der Waals surface area contributed by atoms with Crippen LogP contribution in [0.2, 0.25) is 0 Å². The summed E-state index contributed by atoms with van der Waals surface area (Å²) in [6, 6.07) is 7.44. The van der Waals surface area contributed by atoms with E-state index in [-0.39, 0.29) is 18.1 Å². The summed E-state index contributed by atoms with van der Waals surface area (Å²) in [5.74, 6) is 0. The van der Waals surface area contributed by atoms with Crippen molar-refractivity contribution in [2.24, 2.45) is 5.73 Å². The molecule has 21 heavy (non-hydrogen) atoms. The molecule has 2 N–H and O–H groups in total. The molecular formula is C16H21F3N2. The minimum absolute atomic E-state index is 0.0629. The Morgan fingerprint density at radius 2 is 1.86 bits per heavy atom. The van der Waals surface area contributed by atoms with Gasteiger partial charge in [-0.1, -0.05) is 24.3 Å². The average Bonchev–Trinajstić information content (AvgIpc) is 3.24. The van der Waals surface area contributed by atoms with Gasteiger partial charge in [-0.05, 0) is 43.2 Å². The Kier molecular flexibility index (Phi) is 3.97. The number of hydrogen-bond donors (Lipinski definition) is 1. The van der Waals surface area contributed by atoms with Gasteiger partial charge >= 0.3 is 6.18 Å². The van der Waals surface area contributed by atoms with Gasteiger partial charge in [0.25, 0.3) is 0 Å². The zero-order valence-corrected chi connectivity index (χ0v) is 11.9. The molecule has 5 heteroatoms. The number of halogens is 3. The van der Waals surface area contributed by atoms with Gasteiger partial charge in [-0.3, -0.25) is 4.90 Å². The molecule has 0 heterocycles. The van der Waals surface area contributed by atoms with Crippen molar-refractivity contribution in [1.82, 2.24) is 4.90 Å². The van der Waals surface area contributed by atoms with Gasteiger partial charge < -0.3 is 5.73 Å². The zero-order valence-electron chi connectivity index (χ0n) is 11.9. The van der Waals surface area contributed by atoms with E-state index in [9.17, 15) is 13.2 Å². The Bertz CT molecular complexity index is 497. The molecule has 1 saturated carbocycles. The van der Waals surface area contributed by atoms with Crippen LogP contribution in [0.4, 0.5) is 13.2 Å². The molecule has 2 nitrogen and oxygen atoms in total. The van der Waals surface area contributed by atoms with E-state index >= 15 is 0 Å². The molecular weight excluding hydrogens is 277 g/mol. The number of rotatable bonds is 3. The topological polar surface area (TPSA) is 29.3 Å². The van der Waals surface area contributed by atoms with Crippen LogP contribution < -0.4 is 5.73 Å². The van der Waals surface area contributed by atoms with Crippen molar-refractivity contribution >= 4 is 0 Å². The fourth-order valence-electron chi connectivity index (χ4n) is 3.48. The quantitative estimate of drug-likeness (QED) is 0.866. The molecule has 2 aliphatic carbocycles. The third kappa shape index (κ3) is 3.40. The van der Waals surface area contributed by atoms with E-state index < -0.39 is 12.7 Å². The van der Waals surface area contributed by atoms with Crippen molar-refractivity contribution in [3.63, 3.8) is 0 Å². The number of hydrogen-bond acceptors (Lipinski definition) is 2. The third-order valence-electron chi connectivity index (χ3n) is 4.58. The van der Waals surface area contributed by atoms with Gasteiger partial charge in [0.15, 0.2) is 0 Å². The van der Waals surface area contributed by atoms with Gasteiger partial charge in [0.1, 0.15) is 0 Å². The maximum Gasteiger partial charge on any atom is 0.401 e. The zero-order chi connectivity index (χ0) is 15.0. The van der Waals surface area contributed by atoms with Crippen LogP contribution in [0.5, 0.6) is 0 Å². The SMILES string of the molecule is NC1c2ccccc2CCCC1N(CC(F)(F)F)C1CC1. The Labute approximate surface area is 123 Å². The Balaban J connectivity index is 1.86. The number of aryl methyl sites for hydroxylation is 1. The van der Waals surface area contributed by atoms with E-state index in [4.69, 9.17) is 5.73 Å². The summed E-state index contributed by atoms with van der Waals surface area (Å²) in [6.07, 6.45) is 0.111. The molecule has 3 rings (SSSR count). The first kappa shape index (κ1) is 14.9. The number of benzene rings is 1. The molecule has 2 unspecified atom stereocenters. The molecule has 0 bridgehead atoms. The molecule has 1 aromatic carbocycles. The molecule has 0 radical (unpaired) electrons. The monoisotopic (exact) mass is 298 g/mol. The predicted molar refractivity (Wildman–Crippen MR) is 75.9 cm³/mol. The van der Waals surface area contributed by atoms with E-state index in [1.807, 2.05) is 24.3 Å². The summed E-state index contributed by atoms with van der Waals surface area (Å²) in [4.78, 5) is 1.62. The number of fused-ring (bicyclic) bond motifs is 1. The summed E-state index contributed by atoms with van der Waals surface area (Å²) in [5, 5.41) is 0. The van der Waals surface area contributed by atoms with Crippen LogP contribution in [-0.2, 0) is 6.42 Å². The summed E-state index contributed by atoms with van der Waals surface area (Å²) >= 11 is 0. The van der Waals surface area contributed by atoms with Crippen LogP contribution in [0.15, 0.2) is 24.3 Å². The van der Waals surface area contributed by atoms with Crippen molar-refractivity contribution in [3.8, 4) is 0 Å². The smallest absolute Gasteiger partial charge is 0.323 e. The minimum Gasteiger partial charge on any atom is -0.323 e. The van der Waals surface area contributed by atoms with Gasteiger partial charge in [0.2, 0.25) is 0 Å². The van der Waals surface area contributed by atoms with Crippen LogP contribution in [0.25, 0.3) is 0 Å². The van der Waals surface area contributed by atoms with Crippen LogP contribution in [0.1, 0.15) is 42.9 Å². The van der Waals surface area contributed by atoms with E-state index in [0.717, 1.165) is 37.7 Å². The van der Waals surface area contributed by atoms with Crippen molar-refractivity contribution in [2.45, 2.75) is 56.4 Å². The van der Waals surface area contributed by atoms with Gasteiger partial charge in [-0.25, -0.2) is 0 Å². The highest BCUT2D eigenvalue weighted by molar-refractivity contribution is 5.32. The molecule has 1 aromatic rings. The van der Waals surface area contributed by atoms with Gasteiger partial charge in [-0.15, -0.1) is 0 Å². The number of nitrogens with zero attached hydrogens (tertiary/aromatic N) is 1. The van der Waals surface area contributed by atoms with Gasteiger partial charge in [0, 0.05) is 18.1 Å². The van der Waals surface area contributed by atoms with Crippen molar-refractivity contribution in [2.75, 3.05) is 6.54 Å². The highest BCUT2D eigenvalue weighted by Gasteiger charge is 2.43. The second-order valence-corrected chi connectivity index (χ2v) is 6.20. The second kappa shape index (κ2) is 5.61. The summed E-state index contributed by atoms with van der Waals surface area (Å²) in [6.45, 7) is -0.835. The fourth-order valence-corrected chi connectivity index (χ4v) is 3.48. The first-order valence-electron chi connectivity index (χ1n) is 7.61. The molecule has 2 aliphatic rings. The normalized spacial score (nSPS) is 26.5. The van der Waals surface area contributed by atoms with Gasteiger partial charge in [0.05, 0.1) is 6.54 Å². The number of alkyl halides is 3. The lowest BCUT2D eigenvalue weighted by Crippen LogP contribution is -2.48. The molecule has 1 fully saturated rings. The van der Waals surface area contributed by atoms with Crippen molar-refractivity contribution < 1.29 is 13.2 Å². The molecule has 0 amide bonds. The lowest BCUT2D eigenvalue weighted by atomic mass is 9.95. The molecule has 0 aliphatic heterocycles. The Morgan fingerprint density at radius 3 is 2.52 bits per heavy atom. The van der Waals surface area contributed by atoms with Crippen LogP contribution in [0, 0.1) is 0 Å². The molecule has 0 aromatic heterocycles.